The Balaban J connectivity index is 1.61. The van der Waals surface area contributed by atoms with E-state index in [2.05, 4.69) is 23.1 Å². The molecule has 0 saturated carbocycles. The molecule has 27 heavy (non-hydrogen) atoms. The molecule has 4 nitrogen and oxygen atoms in total. The van der Waals surface area contributed by atoms with Crippen molar-refractivity contribution in [1.82, 2.24) is 9.80 Å². The maximum Gasteiger partial charge on any atom is 0.229 e. The molecule has 0 bridgehead atoms. The minimum Gasteiger partial charge on any atom is -0.292 e. The van der Waals surface area contributed by atoms with E-state index in [1.807, 2.05) is 42.5 Å². The largest absolute Gasteiger partial charge is 0.292 e. The molecule has 1 atom stereocenters. The average Bonchev–Trinajstić information content (AvgIpc) is 2.69. The van der Waals surface area contributed by atoms with Crippen LogP contribution in [0.15, 0.2) is 65.2 Å². The summed E-state index contributed by atoms with van der Waals surface area (Å²) in [5, 5.41) is 11.2. The molecule has 4 rings (SSSR count). The van der Waals surface area contributed by atoms with Gasteiger partial charge in [-0.05, 0) is 17.2 Å². The molecule has 2 aliphatic heterocycles. The van der Waals surface area contributed by atoms with Gasteiger partial charge in [-0.1, -0.05) is 71.9 Å². The van der Waals surface area contributed by atoms with Crippen LogP contribution in [0.5, 0.6) is 0 Å². The summed E-state index contributed by atoms with van der Waals surface area (Å²) in [7, 11) is 0. The third-order valence-corrected chi connectivity index (χ3v) is 6.43. The van der Waals surface area contributed by atoms with Crippen molar-refractivity contribution >= 4 is 29.3 Å². The molecule has 0 unspecified atom stereocenters. The molecule has 6 heteroatoms. The predicted molar refractivity (Wildman–Crippen MR) is 108 cm³/mol. The van der Waals surface area contributed by atoms with Crippen LogP contribution in [0.1, 0.15) is 23.5 Å². The van der Waals surface area contributed by atoms with Gasteiger partial charge in [0.25, 0.3) is 0 Å². The molecule has 0 spiro atoms. The zero-order chi connectivity index (χ0) is 18.8. The Morgan fingerprint density at radius 1 is 1.15 bits per heavy atom. The second kappa shape index (κ2) is 7.77. The van der Waals surface area contributed by atoms with Crippen LogP contribution in [0.25, 0.3) is 0 Å². The fraction of sp³-hybridized carbons (Fsp3) is 0.238. The number of carbonyl (C=O) groups excluding carboxylic acids is 1. The van der Waals surface area contributed by atoms with Gasteiger partial charge >= 0.3 is 0 Å². The number of carbonyl (C=O) groups is 1. The fourth-order valence-electron chi connectivity index (χ4n) is 3.57. The van der Waals surface area contributed by atoms with Crippen LogP contribution in [0, 0.1) is 11.3 Å². The summed E-state index contributed by atoms with van der Waals surface area (Å²) < 4.78 is 0. The molecule has 0 N–H and O–H groups in total. The SMILES string of the molecule is N#CC1=C2SCN(Cc3ccccc3)CN2C(=O)C[C@@H]1c1ccccc1Cl. The predicted octanol–water partition coefficient (Wildman–Crippen LogP) is 4.56. The van der Waals surface area contributed by atoms with Crippen molar-refractivity contribution in [2.45, 2.75) is 18.9 Å². The Hall–Kier alpha value is -2.26. The molecule has 0 aromatic heterocycles. The Bertz CT molecular complexity index is 938. The number of hydrogen-bond acceptors (Lipinski definition) is 4. The molecular formula is C21H18ClN3OS. The highest BCUT2D eigenvalue weighted by molar-refractivity contribution is 8.03. The number of amides is 1. The highest BCUT2D eigenvalue weighted by Crippen LogP contribution is 2.44. The van der Waals surface area contributed by atoms with Crippen LogP contribution in [0.2, 0.25) is 5.02 Å². The molecule has 136 valence electrons. The van der Waals surface area contributed by atoms with E-state index >= 15 is 0 Å². The zero-order valence-corrected chi connectivity index (χ0v) is 16.2. The van der Waals surface area contributed by atoms with E-state index < -0.39 is 0 Å². The molecule has 1 amide bonds. The third-order valence-electron chi connectivity index (χ3n) is 4.88. The van der Waals surface area contributed by atoms with E-state index in [9.17, 15) is 10.1 Å². The second-order valence-corrected chi connectivity index (χ2v) is 8.00. The molecule has 1 saturated heterocycles. The number of allylic oxidation sites excluding steroid dienone is 1. The van der Waals surface area contributed by atoms with Crippen LogP contribution in [0.4, 0.5) is 0 Å². The molecule has 1 fully saturated rings. The van der Waals surface area contributed by atoms with Gasteiger partial charge in [0.05, 0.1) is 29.2 Å². The maximum absolute atomic E-state index is 12.9. The normalized spacial score (nSPS) is 20.4. The fourth-order valence-corrected chi connectivity index (χ4v) is 4.98. The van der Waals surface area contributed by atoms with E-state index in [1.165, 1.54) is 5.56 Å². The Labute approximate surface area is 168 Å². The van der Waals surface area contributed by atoms with E-state index in [1.54, 1.807) is 16.7 Å². The van der Waals surface area contributed by atoms with Crippen molar-refractivity contribution in [3.05, 3.63) is 81.3 Å². The van der Waals surface area contributed by atoms with Gasteiger partial charge in [-0.2, -0.15) is 5.26 Å². The number of hydrogen-bond donors (Lipinski definition) is 0. The highest BCUT2D eigenvalue weighted by atomic mass is 35.5. The molecule has 2 heterocycles. The lowest BCUT2D eigenvalue weighted by atomic mass is 9.86. The number of rotatable bonds is 3. The second-order valence-electron chi connectivity index (χ2n) is 6.66. The van der Waals surface area contributed by atoms with E-state index in [0.29, 0.717) is 17.3 Å². The highest BCUT2D eigenvalue weighted by Gasteiger charge is 2.38. The molecule has 2 aliphatic rings. The summed E-state index contributed by atoms with van der Waals surface area (Å²) in [5.74, 6) is 0.517. The van der Waals surface area contributed by atoms with Gasteiger partial charge in [-0.25, -0.2) is 0 Å². The minimum absolute atomic E-state index is 0.0409. The average molecular weight is 396 g/mol. The summed E-state index contributed by atoms with van der Waals surface area (Å²) in [6.45, 7) is 1.29. The molecular weight excluding hydrogens is 378 g/mol. The molecule has 0 radical (unpaired) electrons. The van der Waals surface area contributed by atoms with Crippen LogP contribution >= 0.6 is 23.4 Å². The van der Waals surface area contributed by atoms with Crippen LogP contribution in [-0.4, -0.2) is 28.3 Å². The first-order valence-electron chi connectivity index (χ1n) is 8.75. The molecule has 2 aromatic rings. The van der Waals surface area contributed by atoms with Gasteiger partial charge in [-0.15, -0.1) is 0 Å². The monoisotopic (exact) mass is 395 g/mol. The summed E-state index contributed by atoms with van der Waals surface area (Å²) in [5.41, 5.74) is 2.71. The zero-order valence-electron chi connectivity index (χ0n) is 14.6. The van der Waals surface area contributed by atoms with Crippen molar-refractivity contribution in [1.29, 1.82) is 5.26 Å². The van der Waals surface area contributed by atoms with Gasteiger partial charge in [0, 0.05) is 23.9 Å². The number of fused-ring (bicyclic) bond motifs is 1. The third kappa shape index (κ3) is 3.61. The van der Waals surface area contributed by atoms with Gasteiger partial charge < -0.3 is 0 Å². The Kier molecular flexibility index (Phi) is 5.22. The van der Waals surface area contributed by atoms with Crippen LogP contribution in [-0.2, 0) is 11.3 Å². The van der Waals surface area contributed by atoms with E-state index in [-0.39, 0.29) is 18.2 Å². The molecule has 0 aliphatic carbocycles. The van der Waals surface area contributed by atoms with Gasteiger partial charge in [0.1, 0.15) is 0 Å². The van der Waals surface area contributed by atoms with E-state index in [4.69, 9.17) is 11.6 Å². The number of halogens is 1. The van der Waals surface area contributed by atoms with Crippen molar-refractivity contribution in [3.63, 3.8) is 0 Å². The summed E-state index contributed by atoms with van der Waals surface area (Å²) in [4.78, 5) is 16.8. The van der Waals surface area contributed by atoms with Crippen molar-refractivity contribution in [2.75, 3.05) is 12.5 Å². The van der Waals surface area contributed by atoms with Gasteiger partial charge in [0.15, 0.2) is 0 Å². The molecule has 2 aromatic carbocycles. The van der Waals surface area contributed by atoms with Crippen molar-refractivity contribution < 1.29 is 4.79 Å². The maximum atomic E-state index is 12.9. The first-order valence-corrected chi connectivity index (χ1v) is 10.1. The lowest BCUT2D eigenvalue weighted by Crippen LogP contribution is -2.46. The van der Waals surface area contributed by atoms with E-state index in [0.717, 1.165) is 23.0 Å². The summed E-state index contributed by atoms with van der Waals surface area (Å²) in [6, 6.07) is 20.0. The number of thioether (sulfide) groups is 1. The Morgan fingerprint density at radius 3 is 2.63 bits per heavy atom. The summed E-state index contributed by atoms with van der Waals surface area (Å²) >= 11 is 7.90. The van der Waals surface area contributed by atoms with Crippen LogP contribution in [0.3, 0.4) is 0 Å². The number of benzene rings is 2. The first kappa shape index (κ1) is 18.1. The topological polar surface area (TPSA) is 47.3 Å². The summed E-state index contributed by atoms with van der Waals surface area (Å²) in [6.07, 6.45) is 0.274. The number of nitrogens with zero attached hydrogens (tertiary/aromatic N) is 3. The van der Waals surface area contributed by atoms with Gasteiger partial charge in [0.2, 0.25) is 5.91 Å². The quantitative estimate of drug-likeness (QED) is 0.764. The van der Waals surface area contributed by atoms with Crippen molar-refractivity contribution in [2.24, 2.45) is 0 Å². The lowest BCUT2D eigenvalue weighted by molar-refractivity contribution is -0.131. The minimum atomic E-state index is -0.268. The lowest BCUT2D eigenvalue weighted by Gasteiger charge is -2.41. The number of nitriles is 1. The Morgan fingerprint density at radius 2 is 1.89 bits per heavy atom. The first-order chi connectivity index (χ1) is 13.2. The standard InChI is InChI=1S/C21H18ClN3OS/c22-19-9-5-4-8-16(19)17-10-20(26)25-13-24(12-15-6-2-1-3-7-15)14-27-21(25)18(17)11-23/h1-9,17H,10,12-14H2/t17-/m1/s1. The smallest absolute Gasteiger partial charge is 0.229 e. The van der Waals surface area contributed by atoms with Crippen molar-refractivity contribution in [3.8, 4) is 6.07 Å². The van der Waals surface area contributed by atoms with Gasteiger partial charge in [-0.3, -0.25) is 14.6 Å². The van der Waals surface area contributed by atoms with Crippen LogP contribution < -0.4 is 0 Å².